The van der Waals surface area contributed by atoms with Crippen LogP contribution in [0.25, 0.3) is 0 Å². The highest BCUT2D eigenvalue weighted by molar-refractivity contribution is 8.14. The van der Waals surface area contributed by atoms with Crippen LogP contribution in [0.3, 0.4) is 0 Å². The number of imide groups is 1. The van der Waals surface area contributed by atoms with Gasteiger partial charge < -0.3 is 24.0 Å². The number of nitro benzene ring substituents is 1. The van der Waals surface area contributed by atoms with E-state index < -0.39 is 72.7 Å². The molecule has 3 amide bonds. The van der Waals surface area contributed by atoms with Gasteiger partial charge in [-0.2, -0.15) is 0 Å². The molecule has 1 aromatic rings. The summed E-state index contributed by atoms with van der Waals surface area (Å²) in [5.41, 5.74) is -0.368. The van der Waals surface area contributed by atoms with E-state index >= 15 is 0 Å². The highest BCUT2D eigenvalue weighted by Crippen LogP contribution is 2.43. The lowest BCUT2D eigenvalue weighted by atomic mass is 9.92. The summed E-state index contributed by atoms with van der Waals surface area (Å²) in [5, 5.41) is 11.8. The molecule has 1 saturated heterocycles. The summed E-state index contributed by atoms with van der Waals surface area (Å²) in [4.78, 5) is 86.8. The van der Waals surface area contributed by atoms with E-state index in [0.717, 1.165) is 11.8 Å². The second kappa shape index (κ2) is 17.2. The molecule has 3 atom stereocenters. The molecular formula is C32H47N3O12SSi. The summed E-state index contributed by atoms with van der Waals surface area (Å²) in [5.74, 6) is -4.91. The molecule has 1 heterocycles. The number of likely N-dealkylation sites (tertiary alicyclic amines) is 1. The van der Waals surface area contributed by atoms with Crippen LogP contribution in [-0.4, -0.2) is 77.9 Å². The number of nitrogens with zero attached hydrogens (tertiary/aromatic N) is 2. The number of rotatable bonds is 14. The Labute approximate surface area is 291 Å². The Hall–Kier alpha value is -3.83. The number of hydrogen-bond donors (Lipinski definition) is 1. The van der Waals surface area contributed by atoms with Crippen molar-refractivity contribution in [3.63, 3.8) is 0 Å². The molecule has 15 nitrogen and oxygen atoms in total. The molecule has 49 heavy (non-hydrogen) atoms. The van der Waals surface area contributed by atoms with Crippen LogP contribution in [-0.2, 0) is 49.2 Å². The van der Waals surface area contributed by atoms with E-state index in [2.05, 4.69) is 5.32 Å². The number of hydrogen-bond acceptors (Lipinski definition) is 13. The lowest BCUT2D eigenvalue weighted by Gasteiger charge is -2.49. The first kappa shape index (κ1) is 41.3. The van der Waals surface area contributed by atoms with E-state index in [4.69, 9.17) is 18.6 Å². The van der Waals surface area contributed by atoms with Crippen LogP contribution in [0.1, 0.15) is 73.3 Å². The van der Waals surface area contributed by atoms with Crippen LogP contribution < -0.4 is 5.32 Å². The molecule has 0 radical (unpaired) electrons. The van der Waals surface area contributed by atoms with E-state index in [9.17, 15) is 38.9 Å². The second-order valence-corrected chi connectivity index (χ2v) is 20.0. The smallest absolute Gasteiger partial charge is 0.407 e. The average Bonchev–Trinajstić information content (AvgIpc) is 2.98. The van der Waals surface area contributed by atoms with Crippen LogP contribution in [0.2, 0.25) is 18.1 Å². The topological polar surface area (TPSA) is 198 Å². The molecule has 272 valence electrons. The summed E-state index contributed by atoms with van der Waals surface area (Å²) in [6, 6.07) is 5.59. The fourth-order valence-electron chi connectivity index (χ4n) is 4.18. The third-order valence-corrected chi connectivity index (χ3v) is 13.9. The molecular weight excluding hydrogens is 679 g/mol. The number of thioether (sulfide) groups is 1. The first-order valence-electron chi connectivity index (χ1n) is 15.8. The highest BCUT2D eigenvalue weighted by atomic mass is 32.2. The summed E-state index contributed by atoms with van der Waals surface area (Å²) >= 11 is 0.752. The number of amides is 3. The van der Waals surface area contributed by atoms with Crippen molar-refractivity contribution in [2.24, 2.45) is 11.3 Å². The molecule has 1 aliphatic heterocycles. The van der Waals surface area contributed by atoms with Crippen molar-refractivity contribution in [1.82, 2.24) is 10.2 Å². The maximum atomic E-state index is 13.3. The van der Waals surface area contributed by atoms with E-state index in [0.29, 0.717) is 23.3 Å². The van der Waals surface area contributed by atoms with Gasteiger partial charge in [0.25, 0.3) is 5.69 Å². The number of alkyl carbamates (subject to hydrolysis) is 1. The molecule has 1 aliphatic rings. The molecule has 0 spiro atoms. The second-order valence-electron chi connectivity index (χ2n) is 14.1. The fraction of sp³-hybridized carbons (Fsp3) is 0.625. The molecule has 2 rings (SSSR count). The molecule has 0 unspecified atom stereocenters. The van der Waals surface area contributed by atoms with E-state index in [1.165, 1.54) is 24.3 Å². The number of carbonyl (C=O) groups is 6. The van der Waals surface area contributed by atoms with Gasteiger partial charge in [-0.05, 0) is 76.4 Å². The lowest BCUT2D eigenvalue weighted by molar-refractivity contribution is -0.384. The third kappa shape index (κ3) is 11.9. The van der Waals surface area contributed by atoms with Crippen molar-refractivity contribution in [3.05, 3.63) is 39.9 Å². The monoisotopic (exact) mass is 725 g/mol. The first-order valence-corrected chi connectivity index (χ1v) is 19.6. The van der Waals surface area contributed by atoms with Gasteiger partial charge in [0.05, 0.1) is 22.4 Å². The van der Waals surface area contributed by atoms with Gasteiger partial charge in [-0.25, -0.2) is 9.59 Å². The van der Waals surface area contributed by atoms with Gasteiger partial charge in [-0.1, -0.05) is 32.5 Å². The van der Waals surface area contributed by atoms with Gasteiger partial charge in [0.15, 0.2) is 13.4 Å². The fourth-order valence-corrected chi connectivity index (χ4v) is 6.93. The molecule has 0 aliphatic carbocycles. The predicted octanol–water partition coefficient (Wildman–Crippen LogP) is 5.06. The van der Waals surface area contributed by atoms with E-state index in [1.54, 1.807) is 27.7 Å². The van der Waals surface area contributed by atoms with E-state index in [1.807, 2.05) is 33.9 Å². The predicted molar refractivity (Wildman–Crippen MR) is 181 cm³/mol. The van der Waals surface area contributed by atoms with Crippen molar-refractivity contribution < 1.29 is 52.3 Å². The Balaban J connectivity index is 1.95. The molecule has 17 heteroatoms. The molecule has 1 N–H and O–H groups in total. The number of carbonyl (C=O) groups excluding carboxylic acids is 6. The summed E-state index contributed by atoms with van der Waals surface area (Å²) < 4.78 is 21.2. The maximum Gasteiger partial charge on any atom is 0.407 e. The number of unbranched alkanes of at least 4 members (excludes halogenated alkanes) is 1. The number of esters is 2. The van der Waals surface area contributed by atoms with Crippen molar-refractivity contribution in [2.45, 2.75) is 104 Å². The zero-order valence-electron chi connectivity index (χ0n) is 29.5. The van der Waals surface area contributed by atoms with Crippen LogP contribution in [0.5, 0.6) is 0 Å². The first-order chi connectivity index (χ1) is 22.6. The van der Waals surface area contributed by atoms with Crippen LogP contribution in [0, 0.1) is 21.4 Å². The van der Waals surface area contributed by atoms with Gasteiger partial charge in [0, 0.05) is 25.1 Å². The van der Waals surface area contributed by atoms with E-state index in [-0.39, 0.29) is 35.4 Å². The van der Waals surface area contributed by atoms with Gasteiger partial charge >= 0.3 is 23.9 Å². The Morgan fingerprint density at radius 1 is 1.00 bits per heavy atom. The summed E-state index contributed by atoms with van der Waals surface area (Å²) in [6.07, 6.45) is -0.522. The van der Waals surface area contributed by atoms with Crippen molar-refractivity contribution in [2.75, 3.05) is 13.3 Å². The van der Waals surface area contributed by atoms with Crippen LogP contribution in [0.15, 0.2) is 24.3 Å². The zero-order valence-corrected chi connectivity index (χ0v) is 31.3. The third-order valence-electron chi connectivity index (χ3n) is 8.11. The number of nitrogens with one attached hydrogen (secondary N) is 1. The molecule has 0 aromatic heterocycles. The normalized spacial score (nSPS) is 17.0. The lowest BCUT2D eigenvalue weighted by Crippen LogP contribution is -2.67. The summed E-state index contributed by atoms with van der Waals surface area (Å²) in [7, 11) is -2.36. The minimum absolute atomic E-state index is 0.0499. The number of nitro groups is 1. The molecule has 0 bridgehead atoms. The Morgan fingerprint density at radius 3 is 2.16 bits per heavy atom. The van der Waals surface area contributed by atoms with Gasteiger partial charge in [0.1, 0.15) is 12.0 Å². The van der Waals surface area contributed by atoms with Crippen molar-refractivity contribution in [1.29, 1.82) is 0 Å². The number of ether oxygens (including phenoxy) is 3. The average molecular weight is 726 g/mol. The quantitative estimate of drug-likeness (QED) is 0.0391. The Morgan fingerprint density at radius 2 is 1.61 bits per heavy atom. The molecule has 1 fully saturated rings. The maximum absolute atomic E-state index is 13.3. The zero-order chi connectivity index (χ0) is 37.3. The van der Waals surface area contributed by atoms with Gasteiger partial charge in [0.2, 0.25) is 12.7 Å². The van der Waals surface area contributed by atoms with Crippen molar-refractivity contribution in [3.8, 4) is 0 Å². The Kier molecular flexibility index (Phi) is 14.5. The minimum Gasteiger partial charge on any atom is -0.445 e. The molecule has 1 aromatic carbocycles. The van der Waals surface area contributed by atoms with Gasteiger partial charge in [-0.3, -0.25) is 34.2 Å². The summed E-state index contributed by atoms with van der Waals surface area (Å²) in [6.45, 7) is 16.0. The minimum atomic E-state index is -2.36. The van der Waals surface area contributed by atoms with Crippen LogP contribution in [0.4, 0.5) is 10.5 Å². The standard InChI is InChI=1S/C32H47N3O12SSi/c1-20(47-49(8,9)32(5,6)7)24-25(37)34(26(38)28(39)45-19-46-29(40)31(2,3)4)27(24)48-23(36)12-10-11-17-33-30(41)44-18-21-13-15-22(16-14-21)35(42)43/h13-16,20,24,27H,10-12,17-19H2,1-9H3,(H,33,41)/t20-,24-,27-/m1/s1. The number of non-ortho nitro benzene ring substituents is 1. The van der Waals surface area contributed by atoms with Crippen molar-refractivity contribution >= 4 is 60.7 Å². The van der Waals surface area contributed by atoms with Crippen LogP contribution >= 0.6 is 11.8 Å². The SMILES string of the molecule is C[C@@H](O[Si](C)(C)C(C)(C)C)[C@@H]1C(=O)N(C(=O)C(=O)OCOC(=O)C(C)(C)C)[C@@H]1SC(=O)CCCCNC(=O)OCc1ccc([N+](=O)[O-])cc1. The largest absolute Gasteiger partial charge is 0.445 e. The Bertz CT molecular complexity index is 1410. The number of benzene rings is 1. The van der Waals surface area contributed by atoms with Gasteiger partial charge in [-0.15, -0.1) is 0 Å². The molecule has 0 saturated carbocycles. The number of β-lactam (4-membered cyclic amide) rings is 1. The highest BCUT2D eigenvalue weighted by Gasteiger charge is 2.57.